The van der Waals surface area contributed by atoms with Crippen LogP contribution in [0.25, 0.3) is 0 Å². The minimum atomic E-state index is -3.81. The zero-order valence-electron chi connectivity index (χ0n) is 16.0. The molecule has 0 spiro atoms. The third-order valence-electron chi connectivity index (χ3n) is 4.85. The average Bonchev–Trinajstić information content (AvgIpc) is 2.62. The summed E-state index contributed by atoms with van der Waals surface area (Å²) in [5.41, 5.74) is 0.931. The van der Waals surface area contributed by atoms with E-state index >= 15 is 0 Å². The minimum absolute atomic E-state index is 0.0676. The fourth-order valence-electron chi connectivity index (χ4n) is 3.08. The van der Waals surface area contributed by atoms with Gasteiger partial charge in [-0.15, -0.1) is 0 Å². The Labute approximate surface area is 160 Å². The number of amides is 1. The summed E-state index contributed by atoms with van der Waals surface area (Å²) in [4.78, 5) is 24.2. The van der Waals surface area contributed by atoms with E-state index in [1.807, 2.05) is 6.92 Å². The molecule has 1 aromatic carbocycles. The van der Waals surface area contributed by atoms with E-state index in [-0.39, 0.29) is 16.8 Å². The van der Waals surface area contributed by atoms with Crippen LogP contribution in [-0.2, 0) is 24.3 Å². The van der Waals surface area contributed by atoms with Crippen LogP contribution in [0.1, 0.15) is 45.1 Å². The van der Waals surface area contributed by atoms with Gasteiger partial charge in [0.1, 0.15) is 6.54 Å². The number of carbonyl (C=O) groups is 2. The van der Waals surface area contributed by atoms with Crippen molar-refractivity contribution in [1.82, 2.24) is 10.0 Å². The molecule has 0 heterocycles. The summed E-state index contributed by atoms with van der Waals surface area (Å²) in [6.45, 7) is 4.89. The molecule has 0 saturated heterocycles. The summed E-state index contributed by atoms with van der Waals surface area (Å²) in [6.07, 6.45) is 3.25. The second-order valence-electron chi connectivity index (χ2n) is 7.15. The van der Waals surface area contributed by atoms with Gasteiger partial charge in [-0.1, -0.05) is 37.5 Å². The molecule has 150 valence electrons. The van der Waals surface area contributed by atoms with Gasteiger partial charge in [-0.2, -0.15) is 4.72 Å². The zero-order chi connectivity index (χ0) is 20.0. The SMILES string of the molecule is Cc1ccc(S(=O)(=O)NCC(=O)O[C@H](C)C(=O)N[C@@H]2CCCC[C@H]2C)cc1. The Balaban J connectivity index is 1.81. The first-order valence-corrected chi connectivity index (χ1v) is 10.7. The van der Waals surface area contributed by atoms with Crippen molar-refractivity contribution in [1.29, 1.82) is 0 Å². The van der Waals surface area contributed by atoms with E-state index in [2.05, 4.69) is 17.0 Å². The number of sulfonamides is 1. The third kappa shape index (κ3) is 6.32. The Morgan fingerprint density at radius 2 is 1.81 bits per heavy atom. The number of hydrogen-bond acceptors (Lipinski definition) is 5. The van der Waals surface area contributed by atoms with Gasteiger partial charge in [0, 0.05) is 6.04 Å². The molecule has 0 aliphatic heterocycles. The Bertz CT molecular complexity index is 761. The number of carbonyl (C=O) groups excluding carboxylic acids is 2. The number of esters is 1. The van der Waals surface area contributed by atoms with Gasteiger partial charge in [-0.25, -0.2) is 8.42 Å². The van der Waals surface area contributed by atoms with Crippen LogP contribution in [0, 0.1) is 12.8 Å². The largest absolute Gasteiger partial charge is 0.452 e. The maximum absolute atomic E-state index is 12.2. The number of aryl methyl sites for hydroxylation is 1. The highest BCUT2D eigenvalue weighted by atomic mass is 32.2. The van der Waals surface area contributed by atoms with Gasteiger partial charge in [-0.05, 0) is 44.7 Å². The molecule has 3 atom stereocenters. The molecule has 1 amide bonds. The smallest absolute Gasteiger partial charge is 0.321 e. The standard InChI is InChI=1S/C19H28N2O5S/c1-13-8-10-16(11-9-13)27(24,25)20-12-18(22)26-15(3)19(23)21-17-7-5-4-6-14(17)2/h8-11,14-15,17,20H,4-7,12H2,1-3H3,(H,21,23)/t14-,15-,17-/m1/s1. The fraction of sp³-hybridized carbons (Fsp3) is 0.579. The lowest BCUT2D eigenvalue weighted by molar-refractivity contribution is -0.154. The van der Waals surface area contributed by atoms with E-state index in [4.69, 9.17) is 4.74 Å². The maximum atomic E-state index is 12.2. The molecule has 0 aromatic heterocycles. The van der Waals surface area contributed by atoms with Crippen molar-refractivity contribution in [3.8, 4) is 0 Å². The molecule has 2 N–H and O–H groups in total. The average molecular weight is 397 g/mol. The highest BCUT2D eigenvalue weighted by Gasteiger charge is 2.26. The quantitative estimate of drug-likeness (QED) is 0.686. The molecule has 7 nitrogen and oxygen atoms in total. The molecule has 0 radical (unpaired) electrons. The molecule has 1 aromatic rings. The first kappa shape index (κ1) is 21.4. The van der Waals surface area contributed by atoms with Crippen LogP contribution >= 0.6 is 0 Å². The van der Waals surface area contributed by atoms with Crippen LogP contribution in [0.2, 0.25) is 0 Å². The van der Waals surface area contributed by atoms with Crippen molar-refractivity contribution in [2.24, 2.45) is 5.92 Å². The summed E-state index contributed by atoms with van der Waals surface area (Å²) in [6, 6.07) is 6.36. The Kier molecular flexibility index (Phi) is 7.38. The number of ether oxygens (including phenoxy) is 1. The van der Waals surface area contributed by atoms with E-state index in [0.29, 0.717) is 5.92 Å². The zero-order valence-corrected chi connectivity index (χ0v) is 16.8. The number of nitrogens with one attached hydrogen (secondary N) is 2. The van der Waals surface area contributed by atoms with Gasteiger partial charge in [0.05, 0.1) is 4.90 Å². The van der Waals surface area contributed by atoms with E-state index in [1.165, 1.54) is 25.5 Å². The molecule has 0 bridgehead atoms. The fourth-order valence-corrected chi connectivity index (χ4v) is 4.05. The van der Waals surface area contributed by atoms with Gasteiger partial charge in [0.2, 0.25) is 10.0 Å². The van der Waals surface area contributed by atoms with E-state index in [9.17, 15) is 18.0 Å². The van der Waals surface area contributed by atoms with Crippen molar-refractivity contribution in [2.45, 2.75) is 63.5 Å². The van der Waals surface area contributed by atoms with Crippen LogP contribution in [0.15, 0.2) is 29.2 Å². The predicted octanol–water partition coefficient (Wildman–Crippen LogP) is 1.90. The maximum Gasteiger partial charge on any atom is 0.321 e. The van der Waals surface area contributed by atoms with Crippen LogP contribution in [0.3, 0.4) is 0 Å². The highest BCUT2D eigenvalue weighted by Crippen LogP contribution is 2.23. The summed E-state index contributed by atoms with van der Waals surface area (Å²) in [5.74, 6) is -0.763. The van der Waals surface area contributed by atoms with Crippen LogP contribution in [-0.4, -0.2) is 39.0 Å². The molecule has 8 heteroatoms. The Morgan fingerprint density at radius 3 is 2.44 bits per heavy atom. The van der Waals surface area contributed by atoms with E-state index in [1.54, 1.807) is 12.1 Å². The van der Waals surface area contributed by atoms with E-state index < -0.39 is 28.6 Å². The van der Waals surface area contributed by atoms with Crippen molar-refractivity contribution >= 4 is 21.9 Å². The van der Waals surface area contributed by atoms with Gasteiger partial charge in [0.15, 0.2) is 6.10 Å². The lowest BCUT2D eigenvalue weighted by Gasteiger charge is -2.30. The summed E-state index contributed by atoms with van der Waals surface area (Å²) in [7, 11) is -3.81. The summed E-state index contributed by atoms with van der Waals surface area (Å²) >= 11 is 0. The Morgan fingerprint density at radius 1 is 1.19 bits per heavy atom. The second kappa shape index (κ2) is 9.32. The number of rotatable bonds is 7. The molecule has 1 aliphatic carbocycles. The number of benzene rings is 1. The Hall–Kier alpha value is -1.93. The molecule has 1 fully saturated rings. The lowest BCUT2D eigenvalue weighted by Crippen LogP contribution is -2.46. The first-order valence-electron chi connectivity index (χ1n) is 9.25. The molecule has 0 unspecified atom stereocenters. The van der Waals surface area contributed by atoms with Crippen LogP contribution < -0.4 is 10.0 Å². The highest BCUT2D eigenvalue weighted by molar-refractivity contribution is 7.89. The van der Waals surface area contributed by atoms with Crippen molar-refractivity contribution in [3.63, 3.8) is 0 Å². The van der Waals surface area contributed by atoms with Crippen molar-refractivity contribution in [3.05, 3.63) is 29.8 Å². The molecule has 27 heavy (non-hydrogen) atoms. The third-order valence-corrected chi connectivity index (χ3v) is 6.27. The first-order chi connectivity index (χ1) is 12.7. The molecular formula is C19H28N2O5S. The van der Waals surface area contributed by atoms with Gasteiger partial charge >= 0.3 is 5.97 Å². The molecule has 1 aliphatic rings. The number of hydrogen-bond donors (Lipinski definition) is 2. The molecular weight excluding hydrogens is 368 g/mol. The minimum Gasteiger partial charge on any atom is -0.452 e. The monoisotopic (exact) mass is 396 g/mol. The molecule has 2 rings (SSSR count). The summed E-state index contributed by atoms with van der Waals surface area (Å²) in [5, 5.41) is 2.92. The topological polar surface area (TPSA) is 102 Å². The van der Waals surface area contributed by atoms with Crippen LogP contribution in [0.5, 0.6) is 0 Å². The van der Waals surface area contributed by atoms with Crippen molar-refractivity contribution < 1.29 is 22.7 Å². The molecule has 1 saturated carbocycles. The van der Waals surface area contributed by atoms with Gasteiger partial charge in [0.25, 0.3) is 5.91 Å². The normalized spacial score (nSPS) is 21.3. The lowest BCUT2D eigenvalue weighted by atomic mass is 9.86. The van der Waals surface area contributed by atoms with Gasteiger partial charge < -0.3 is 10.1 Å². The van der Waals surface area contributed by atoms with Crippen molar-refractivity contribution in [2.75, 3.05) is 6.54 Å². The van der Waals surface area contributed by atoms with Gasteiger partial charge in [-0.3, -0.25) is 9.59 Å². The predicted molar refractivity (Wildman–Crippen MR) is 101 cm³/mol. The summed E-state index contributed by atoms with van der Waals surface area (Å²) < 4.78 is 31.6. The van der Waals surface area contributed by atoms with E-state index in [0.717, 1.165) is 24.8 Å². The second-order valence-corrected chi connectivity index (χ2v) is 8.91. The van der Waals surface area contributed by atoms with Crippen LogP contribution in [0.4, 0.5) is 0 Å².